The summed E-state index contributed by atoms with van der Waals surface area (Å²) in [5, 5.41) is 9.24. The fourth-order valence-corrected chi connectivity index (χ4v) is 3.25. The van der Waals surface area contributed by atoms with Gasteiger partial charge in [0.25, 0.3) is 5.91 Å². The molecule has 118 valence electrons. The second-order valence-electron chi connectivity index (χ2n) is 5.69. The van der Waals surface area contributed by atoms with Crippen LogP contribution in [0.5, 0.6) is 0 Å². The number of hydrogen-bond acceptors (Lipinski definition) is 5. The average Bonchev–Trinajstić information content (AvgIpc) is 3.09. The summed E-state index contributed by atoms with van der Waals surface area (Å²) >= 11 is 1.42. The molecule has 2 aromatic rings. The van der Waals surface area contributed by atoms with E-state index in [2.05, 4.69) is 15.5 Å². The first-order valence-corrected chi connectivity index (χ1v) is 8.32. The van der Waals surface area contributed by atoms with Crippen LogP contribution in [-0.4, -0.2) is 22.7 Å². The van der Waals surface area contributed by atoms with Gasteiger partial charge in [0.2, 0.25) is 6.10 Å². The minimum atomic E-state index is -0.707. The Morgan fingerprint density at radius 1 is 1.39 bits per heavy atom. The standard InChI is InChI=1S/C16H14FN3O2S/c17-11-3-1-2-10(6-11)12-7-14(22-20-12)15(21)19-16-18-13(8-23-16)9-4-5-9/h1-3,6,8-9,14H,4-5,7H2,(H,18,19,21)/t14-/m1/s1. The van der Waals surface area contributed by atoms with Crippen LogP contribution in [0.1, 0.15) is 36.4 Å². The van der Waals surface area contributed by atoms with Crippen molar-refractivity contribution < 1.29 is 14.0 Å². The Balaban J connectivity index is 1.38. The highest BCUT2D eigenvalue weighted by molar-refractivity contribution is 7.13. The van der Waals surface area contributed by atoms with Crippen LogP contribution in [0.15, 0.2) is 34.8 Å². The van der Waals surface area contributed by atoms with Crippen molar-refractivity contribution in [2.24, 2.45) is 5.16 Å². The second kappa shape index (κ2) is 5.73. The van der Waals surface area contributed by atoms with Crippen LogP contribution in [0.4, 0.5) is 9.52 Å². The predicted molar refractivity (Wildman–Crippen MR) is 85.1 cm³/mol. The van der Waals surface area contributed by atoms with Gasteiger partial charge in [-0.2, -0.15) is 0 Å². The lowest BCUT2D eigenvalue weighted by molar-refractivity contribution is -0.125. The molecule has 1 saturated carbocycles. The van der Waals surface area contributed by atoms with Crippen molar-refractivity contribution in [2.75, 3.05) is 5.32 Å². The molecule has 23 heavy (non-hydrogen) atoms. The number of benzene rings is 1. The van der Waals surface area contributed by atoms with E-state index < -0.39 is 6.10 Å². The van der Waals surface area contributed by atoms with Gasteiger partial charge in [-0.05, 0) is 25.0 Å². The molecule has 7 heteroatoms. The van der Waals surface area contributed by atoms with Gasteiger partial charge < -0.3 is 4.84 Å². The molecule has 0 bridgehead atoms. The van der Waals surface area contributed by atoms with Crippen LogP contribution in [0, 0.1) is 5.82 Å². The maximum Gasteiger partial charge on any atom is 0.270 e. The fourth-order valence-electron chi connectivity index (χ4n) is 2.45. The quantitative estimate of drug-likeness (QED) is 0.935. The van der Waals surface area contributed by atoms with Crippen molar-refractivity contribution in [1.82, 2.24) is 4.98 Å². The molecule has 1 atom stereocenters. The molecule has 4 rings (SSSR count). The number of nitrogens with one attached hydrogen (secondary N) is 1. The van der Waals surface area contributed by atoms with Crippen molar-refractivity contribution >= 4 is 28.1 Å². The number of nitrogens with zero attached hydrogens (tertiary/aromatic N) is 2. The van der Waals surface area contributed by atoms with Crippen LogP contribution in [0.2, 0.25) is 0 Å². The first kappa shape index (κ1) is 14.3. The summed E-state index contributed by atoms with van der Waals surface area (Å²) in [4.78, 5) is 21.8. The number of amides is 1. The molecule has 0 spiro atoms. The molecule has 1 aromatic carbocycles. The summed E-state index contributed by atoms with van der Waals surface area (Å²) in [6.07, 6.45) is 1.96. The smallest absolute Gasteiger partial charge is 0.270 e. The summed E-state index contributed by atoms with van der Waals surface area (Å²) in [6.45, 7) is 0. The molecule has 1 N–H and O–H groups in total. The Kier molecular flexibility index (Phi) is 3.57. The molecule has 2 aliphatic rings. The van der Waals surface area contributed by atoms with E-state index in [1.165, 1.54) is 36.3 Å². The molecule has 1 aromatic heterocycles. The Morgan fingerprint density at radius 3 is 3.04 bits per heavy atom. The van der Waals surface area contributed by atoms with Crippen LogP contribution < -0.4 is 5.32 Å². The van der Waals surface area contributed by atoms with Gasteiger partial charge in [0, 0.05) is 23.3 Å². The van der Waals surface area contributed by atoms with Crippen LogP contribution in [0.3, 0.4) is 0 Å². The maximum absolute atomic E-state index is 13.3. The largest absolute Gasteiger partial charge is 0.382 e. The summed E-state index contributed by atoms with van der Waals surface area (Å²) in [5.41, 5.74) is 2.25. The minimum absolute atomic E-state index is 0.281. The van der Waals surface area contributed by atoms with Gasteiger partial charge >= 0.3 is 0 Å². The first-order valence-electron chi connectivity index (χ1n) is 7.44. The Morgan fingerprint density at radius 2 is 2.26 bits per heavy atom. The first-order chi connectivity index (χ1) is 11.2. The van der Waals surface area contributed by atoms with E-state index >= 15 is 0 Å². The number of oxime groups is 1. The van der Waals surface area contributed by atoms with Crippen molar-refractivity contribution in [3.05, 3.63) is 46.7 Å². The highest BCUT2D eigenvalue weighted by atomic mass is 32.1. The third kappa shape index (κ3) is 3.10. The molecule has 0 radical (unpaired) electrons. The highest BCUT2D eigenvalue weighted by Crippen LogP contribution is 2.40. The van der Waals surface area contributed by atoms with Gasteiger partial charge in [-0.3, -0.25) is 10.1 Å². The number of anilines is 1. The number of rotatable bonds is 4. The third-order valence-corrected chi connectivity index (χ3v) is 4.64. The van der Waals surface area contributed by atoms with Gasteiger partial charge in [0.1, 0.15) is 5.82 Å². The van der Waals surface area contributed by atoms with Crippen molar-refractivity contribution in [1.29, 1.82) is 0 Å². The maximum atomic E-state index is 13.3. The molecule has 1 aliphatic carbocycles. The molecular formula is C16H14FN3O2S. The lowest BCUT2D eigenvalue weighted by Crippen LogP contribution is -2.28. The van der Waals surface area contributed by atoms with Crippen LogP contribution in [0.25, 0.3) is 0 Å². The monoisotopic (exact) mass is 331 g/mol. The van der Waals surface area contributed by atoms with Gasteiger partial charge in [0.05, 0.1) is 11.4 Å². The van der Waals surface area contributed by atoms with Gasteiger partial charge in [-0.15, -0.1) is 11.3 Å². The number of hydrogen-bond donors (Lipinski definition) is 1. The van der Waals surface area contributed by atoms with E-state index in [9.17, 15) is 9.18 Å². The topological polar surface area (TPSA) is 63.6 Å². The Hall–Kier alpha value is -2.28. The molecule has 2 heterocycles. The lowest BCUT2D eigenvalue weighted by atomic mass is 10.0. The third-order valence-electron chi connectivity index (χ3n) is 3.87. The number of carbonyl (C=O) groups is 1. The van der Waals surface area contributed by atoms with E-state index in [-0.39, 0.29) is 11.7 Å². The SMILES string of the molecule is O=C(Nc1nc(C2CC2)cs1)[C@H]1CC(c2cccc(F)c2)=NO1. The zero-order valence-electron chi connectivity index (χ0n) is 12.2. The van der Waals surface area contributed by atoms with E-state index in [1.54, 1.807) is 12.1 Å². The molecule has 1 fully saturated rings. The summed E-state index contributed by atoms with van der Waals surface area (Å²) in [7, 11) is 0. The normalized spacial score (nSPS) is 20.0. The number of carbonyl (C=O) groups excluding carboxylic acids is 1. The average molecular weight is 331 g/mol. The van der Waals surface area contributed by atoms with Crippen LogP contribution >= 0.6 is 11.3 Å². The summed E-state index contributed by atoms with van der Waals surface area (Å²) in [5.74, 6) is -0.0621. The van der Waals surface area contributed by atoms with Crippen LogP contribution in [-0.2, 0) is 9.63 Å². The fraction of sp³-hybridized carbons (Fsp3) is 0.312. The Labute approximate surface area is 136 Å². The molecular weight excluding hydrogens is 317 g/mol. The molecule has 1 amide bonds. The van der Waals surface area contributed by atoms with Crippen molar-refractivity contribution in [2.45, 2.75) is 31.3 Å². The van der Waals surface area contributed by atoms with E-state index in [0.717, 1.165) is 5.69 Å². The summed E-state index contributed by atoms with van der Waals surface area (Å²) in [6, 6.07) is 6.10. The predicted octanol–water partition coefficient (Wildman–Crippen LogP) is 3.29. The van der Waals surface area contributed by atoms with Crippen molar-refractivity contribution in [3.63, 3.8) is 0 Å². The van der Waals surface area contributed by atoms with Crippen molar-refractivity contribution in [3.8, 4) is 0 Å². The molecule has 0 saturated heterocycles. The zero-order valence-corrected chi connectivity index (χ0v) is 13.0. The van der Waals surface area contributed by atoms with Gasteiger partial charge in [0.15, 0.2) is 5.13 Å². The molecule has 1 aliphatic heterocycles. The lowest BCUT2D eigenvalue weighted by Gasteiger charge is -2.07. The molecule has 0 unspecified atom stereocenters. The van der Waals surface area contributed by atoms with Gasteiger partial charge in [-0.1, -0.05) is 17.3 Å². The van der Waals surface area contributed by atoms with Gasteiger partial charge in [-0.25, -0.2) is 9.37 Å². The highest BCUT2D eigenvalue weighted by Gasteiger charge is 2.30. The van der Waals surface area contributed by atoms with E-state index in [4.69, 9.17) is 4.84 Å². The molecule has 5 nitrogen and oxygen atoms in total. The number of aromatic nitrogens is 1. The second-order valence-corrected chi connectivity index (χ2v) is 6.55. The number of thiazole rings is 1. The van der Waals surface area contributed by atoms with E-state index in [1.807, 2.05) is 5.38 Å². The van der Waals surface area contributed by atoms with E-state index in [0.29, 0.717) is 28.7 Å². The zero-order chi connectivity index (χ0) is 15.8. The Bertz CT molecular complexity index is 785. The summed E-state index contributed by atoms with van der Waals surface area (Å²) < 4.78 is 13.3. The minimum Gasteiger partial charge on any atom is -0.382 e. The number of halogens is 1.